The number of aromatic nitrogens is 1. The molecule has 1 amide bonds. The maximum atomic E-state index is 13.7. The standard InChI is InChI=1S/C19H15F3N2O/c20-14-5-3-13(4-6-14)18(24-9-1-2-10-24)12-19(25)23-17-8-7-15(21)11-16(17)22/h1-11,18H,12H2,(H,23,25)/t18-/m0/s1. The molecule has 0 saturated heterocycles. The third kappa shape index (κ3) is 4.09. The lowest BCUT2D eigenvalue weighted by atomic mass is 10.0. The monoisotopic (exact) mass is 344 g/mol. The summed E-state index contributed by atoms with van der Waals surface area (Å²) in [7, 11) is 0. The van der Waals surface area contributed by atoms with Gasteiger partial charge in [-0.2, -0.15) is 0 Å². The number of carbonyl (C=O) groups excluding carboxylic acids is 1. The number of nitrogens with one attached hydrogen (secondary N) is 1. The largest absolute Gasteiger partial charge is 0.346 e. The molecule has 1 N–H and O–H groups in total. The Kier molecular flexibility index (Phi) is 4.88. The number of hydrogen-bond acceptors (Lipinski definition) is 1. The van der Waals surface area contributed by atoms with Crippen molar-refractivity contribution in [2.45, 2.75) is 12.5 Å². The van der Waals surface area contributed by atoms with E-state index in [0.717, 1.165) is 11.6 Å². The first-order chi connectivity index (χ1) is 12.0. The van der Waals surface area contributed by atoms with Gasteiger partial charge in [0, 0.05) is 18.5 Å². The summed E-state index contributed by atoms with van der Waals surface area (Å²) >= 11 is 0. The second-order valence-electron chi connectivity index (χ2n) is 5.57. The number of rotatable bonds is 5. The van der Waals surface area contributed by atoms with E-state index in [4.69, 9.17) is 0 Å². The van der Waals surface area contributed by atoms with Crippen molar-refractivity contribution in [3.63, 3.8) is 0 Å². The van der Waals surface area contributed by atoms with Gasteiger partial charge in [0.1, 0.15) is 17.5 Å². The van der Waals surface area contributed by atoms with E-state index in [1.54, 1.807) is 24.5 Å². The zero-order valence-electron chi connectivity index (χ0n) is 13.1. The van der Waals surface area contributed by atoms with Gasteiger partial charge in [0.25, 0.3) is 0 Å². The summed E-state index contributed by atoms with van der Waals surface area (Å²) in [6.07, 6.45) is 3.59. The summed E-state index contributed by atoms with van der Waals surface area (Å²) in [5.74, 6) is -2.36. The van der Waals surface area contributed by atoms with Crippen LogP contribution in [0.1, 0.15) is 18.0 Å². The lowest BCUT2D eigenvalue weighted by Gasteiger charge is -2.19. The molecule has 0 aliphatic heterocycles. The van der Waals surface area contributed by atoms with Crippen molar-refractivity contribution >= 4 is 11.6 Å². The van der Waals surface area contributed by atoms with Gasteiger partial charge in [-0.25, -0.2) is 13.2 Å². The van der Waals surface area contributed by atoms with Crippen LogP contribution in [0.3, 0.4) is 0 Å². The van der Waals surface area contributed by atoms with E-state index in [9.17, 15) is 18.0 Å². The number of halogens is 3. The zero-order valence-corrected chi connectivity index (χ0v) is 13.1. The Hall–Kier alpha value is -3.02. The van der Waals surface area contributed by atoms with Gasteiger partial charge in [0.2, 0.25) is 5.91 Å². The van der Waals surface area contributed by atoms with Gasteiger partial charge in [0.15, 0.2) is 0 Å². The van der Waals surface area contributed by atoms with Gasteiger partial charge >= 0.3 is 0 Å². The lowest BCUT2D eigenvalue weighted by molar-refractivity contribution is -0.116. The Balaban J connectivity index is 1.80. The van der Waals surface area contributed by atoms with Gasteiger partial charge < -0.3 is 9.88 Å². The van der Waals surface area contributed by atoms with Crippen molar-refractivity contribution in [2.24, 2.45) is 0 Å². The van der Waals surface area contributed by atoms with Crippen LogP contribution in [0, 0.1) is 17.5 Å². The van der Waals surface area contributed by atoms with Crippen molar-refractivity contribution < 1.29 is 18.0 Å². The highest BCUT2D eigenvalue weighted by molar-refractivity contribution is 5.91. The van der Waals surface area contributed by atoms with E-state index in [0.29, 0.717) is 6.07 Å². The minimum atomic E-state index is -0.840. The first-order valence-corrected chi connectivity index (χ1v) is 7.66. The molecule has 0 fully saturated rings. The van der Waals surface area contributed by atoms with Crippen LogP contribution in [0.25, 0.3) is 0 Å². The molecule has 3 aromatic rings. The van der Waals surface area contributed by atoms with E-state index in [2.05, 4.69) is 5.32 Å². The summed E-state index contributed by atoms with van der Waals surface area (Å²) in [5, 5.41) is 2.44. The fourth-order valence-corrected chi connectivity index (χ4v) is 2.60. The quantitative estimate of drug-likeness (QED) is 0.725. The van der Waals surface area contributed by atoms with Crippen molar-refractivity contribution in [3.05, 3.63) is 90.0 Å². The molecule has 1 heterocycles. The third-order valence-electron chi connectivity index (χ3n) is 3.83. The normalized spacial score (nSPS) is 12.0. The number of carbonyl (C=O) groups is 1. The number of benzene rings is 2. The van der Waals surface area contributed by atoms with E-state index in [-0.39, 0.29) is 24.0 Å². The second kappa shape index (κ2) is 7.25. The van der Waals surface area contributed by atoms with Gasteiger partial charge in [0.05, 0.1) is 18.2 Å². The first-order valence-electron chi connectivity index (χ1n) is 7.66. The maximum absolute atomic E-state index is 13.7. The van der Waals surface area contributed by atoms with Crippen molar-refractivity contribution in [1.29, 1.82) is 0 Å². The first kappa shape index (κ1) is 16.8. The van der Waals surface area contributed by atoms with Crippen LogP contribution in [0.15, 0.2) is 67.0 Å². The highest BCUT2D eigenvalue weighted by Gasteiger charge is 2.18. The van der Waals surface area contributed by atoms with Gasteiger partial charge in [-0.1, -0.05) is 12.1 Å². The topological polar surface area (TPSA) is 34.0 Å². The maximum Gasteiger partial charge on any atom is 0.226 e. The fraction of sp³-hybridized carbons (Fsp3) is 0.105. The molecule has 1 atom stereocenters. The van der Waals surface area contributed by atoms with Gasteiger partial charge in [-0.3, -0.25) is 4.79 Å². The van der Waals surface area contributed by atoms with Crippen LogP contribution in [-0.4, -0.2) is 10.5 Å². The van der Waals surface area contributed by atoms with Crippen molar-refractivity contribution in [2.75, 3.05) is 5.32 Å². The Morgan fingerprint density at radius 2 is 1.60 bits per heavy atom. The molecular weight excluding hydrogens is 329 g/mol. The summed E-state index contributed by atoms with van der Waals surface area (Å²) in [5.41, 5.74) is 0.657. The molecular formula is C19H15F3N2O. The molecule has 0 aliphatic rings. The zero-order chi connectivity index (χ0) is 17.8. The molecule has 3 nitrogen and oxygen atoms in total. The fourth-order valence-electron chi connectivity index (χ4n) is 2.60. The van der Waals surface area contributed by atoms with E-state index in [1.165, 1.54) is 18.2 Å². The Morgan fingerprint density at radius 1 is 0.960 bits per heavy atom. The predicted octanol–water partition coefficient (Wildman–Crippen LogP) is 4.52. The van der Waals surface area contributed by atoms with Crippen LogP contribution < -0.4 is 5.32 Å². The molecule has 2 aromatic carbocycles. The number of amides is 1. The number of nitrogens with zero attached hydrogens (tertiary/aromatic N) is 1. The van der Waals surface area contributed by atoms with Crippen molar-refractivity contribution in [3.8, 4) is 0 Å². The van der Waals surface area contributed by atoms with Crippen LogP contribution >= 0.6 is 0 Å². The molecule has 0 aliphatic carbocycles. The minimum Gasteiger partial charge on any atom is -0.346 e. The summed E-state index contributed by atoms with van der Waals surface area (Å²) in [6.45, 7) is 0. The average Bonchev–Trinajstić information content (AvgIpc) is 3.10. The average molecular weight is 344 g/mol. The number of anilines is 1. The van der Waals surface area contributed by atoms with E-state index >= 15 is 0 Å². The van der Waals surface area contributed by atoms with Crippen molar-refractivity contribution in [1.82, 2.24) is 4.57 Å². The Morgan fingerprint density at radius 3 is 2.24 bits per heavy atom. The molecule has 0 saturated carbocycles. The van der Waals surface area contributed by atoms with Crippen LogP contribution in [-0.2, 0) is 4.79 Å². The highest BCUT2D eigenvalue weighted by Crippen LogP contribution is 2.24. The van der Waals surface area contributed by atoms with Crippen LogP contribution in [0.5, 0.6) is 0 Å². The molecule has 6 heteroatoms. The minimum absolute atomic E-state index is 0.0110. The van der Waals surface area contributed by atoms with Gasteiger partial charge in [-0.15, -0.1) is 0 Å². The second-order valence-corrected chi connectivity index (χ2v) is 5.57. The molecule has 0 radical (unpaired) electrons. The third-order valence-corrected chi connectivity index (χ3v) is 3.83. The SMILES string of the molecule is O=C(C[C@@H](c1ccc(F)cc1)n1cccc1)Nc1ccc(F)cc1F. The van der Waals surface area contributed by atoms with Gasteiger partial charge in [-0.05, 0) is 42.0 Å². The molecule has 25 heavy (non-hydrogen) atoms. The molecule has 1 aromatic heterocycles. The highest BCUT2D eigenvalue weighted by atomic mass is 19.1. The number of hydrogen-bond donors (Lipinski definition) is 1. The smallest absolute Gasteiger partial charge is 0.226 e. The summed E-state index contributed by atoms with van der Waals surface area (Å²) in [4.78, 5) is 12.3. The summed E-state index contributed by atoms with van der Waals surface area (Å²) < 4.78 is 41.6. The van der Waals surface area contributed by atoms with E-state index in [1.807, 2.05) is 16.7 Å². The molecule has 0 unspecified atom stereocenters. The van der Waals surface area contributed by atoms with E-state index < -0.39 is 17.5 Å². The van der Waals surface area contributed by atoms with Crippen LogP contribution in [0.2, 0.25) is 0 Å². The molecule has 0 spiro atoms. The van der Waals surface area contributed by atoms with Crippen LogP contribution in [0.4, 0.5) is 18.9 Å². The molecule has 0 bridgehead atoms. The Labute approximate surface area is 142 Å². The predicted molar refractivity (Wildman–Crippen MR) is 88.6 cm³/mol. The summed E-state index contributed by atoms with van der Waals surface area (Å²) in [6, 6.07) is 12.1. The molecule has 3 rings (SSSR count). The molecule has 128 valence electrons. The Bertz CT molecular complexity index is 861. The lowest BCUT2D eigenvalue weighted by Crippen LogP contribution is -2.20.